The molecule has 220 valence electrons. The van der Waals surface area contributed by atoms with Gasteiger partial charge in [0.25, 0.3) is 5.91 Å². The number of anilines is 3. The third-order valence-corrected chi connectivity index (χ3v) is 7.84. The average Bonchev–Trinajstić information content (AvgIpc) is 3.43. The number of ether oxygens (including phenoxy) is 1. The number of amides is 2. The average molecular weight is 569 g/mol. The Bertz CT molecular complexity index is 1520. The lowest BCUT2D eigenvalue weighted by molar-refractivity contribution is 0.0851. The first kappa shape index (κ1) is 29.3. The highest BCUT2D eigenvalue weighted by Crippen LogP contribution is 2.31. The van der Waals surface area contributed by atoms with Crippen molar-refractivity contribution in [1.29, 1.82) is 0 Å². The van der Waals surface area contributed by atoms with Crippen molar-refractivity contribution >= 4 is 40.0 Å². The van der Waals surface area contributed by atoms with Gasteiger partial charge in [-0.25, -0.2) is 9.78 Å². The highest BCUT2D eigenvalue weighted by Gasteiger charge is 2.19. The van der Waals surface area contributed by atoms with Gasteiger partial charge in [-0.1, -0.05) is 12.1 Å². The highest BCUT2D eigenvalue weighted by atomic mass is 16.5. The van der Waals surface area contributed by atoms with E-state index >= 15 is 0 Å². The van der Waals surface area contributed by atoms with E-state index in [0.717, 1.165) is 48.2 Å². The maximum absolute atomic E-state index is 13.1. The van der Waals surface area contributed by atoms with E-state index in [1.54, 1.807) is 24.0 Å². The van der Waals surface area contributed by atoms with Crippen molar-refractivity contribution in [2.24, 2.45) is 0 Å². The Morgan fingerprint density at radius 3 is 2.48 bits per heavy atom. The molecular formula is C33H40N6O3. The topological polar surface area (TPSA) is 91.7 Å². The summed E-state index contributed by atoms with van der Waals surface area (Å²) in [6, 6.07) is 19.5. The summed E-state index contributed by atoms with van der Waals surface area (Å²) in [4.78, 5) is 34.3. The van der Waals surface area contributed by atoms with E-state index in [2.05, 4.69) is 50.7 Å². The summed E-state index contributed by atoms with van der Waals surface area (Å²) < 4.78 is 7.47. The van der Waals surface area contributed by atoms with Crippen LogP contribution in [0.3, 0.4) is 0 Å². The summed E-state index contributed by atoms with van der Waals surface area (Å²) in [5, 5.41) is 6.58. The highest BCUT2D eigenvalue weighted by molar-refractivity contribution is 6.04. The van der Waals surface area contributed by atoms with E-state index < -0.39 is 0 Å². The van der Waals surface area contributed by atoms with Gasteiger partial charge in [-0.15, -0.1) is 0 Å². The number of hydrogen-bond acceptors (Lipinski definition) is 6. The van der Waals surface area contributed by atoms with Crippen molar-refractivity contribution in [2.45, 2.75) is 38.7 Å². The van der Waals surface area contributed by atoms with Gasteiger partial charge < -0.3 is 25.2 Å². The molecule has 9 heteroatoms. The van der Waals surface area contributed by atoms with Gasteiger partial charge in [0, 0.05) is 54.4 Å². The largest absolute Gasteiger partial charge is 0.377 e. The van der Waals surface area contributed by atoms with Crippen LogP contribution in [0.25, 0.3) is 10.9 Å². The first-order valence-electron chi connectivity index (χ1n) is 14.6. The maximum atomic E-state index is 13.1. The molecule has 2 N–H and O–H groups in total. The number of hydrogen-bond donors (Lipinski definition) is 2. The number of nitrogens with one attached hydrogen (secondary N) is 2. The molecule has 1 aliphatic rings. The van der Waals surface area contributed by atoms with Crippen molar-refractivity contribution < 1.29 is 14.3 Å². The van der Waals surface area contributed by atoms with Crippen molar-refractivity contribution in [3.05, 3.63) is 84.2 Å². The van der Waals surface area contributed by atoms with Crippen molar-refractivity contribution in [1.82, 2.24) is 19.8 Å². The van der Waals surface area contributed by atoms with Gasteiger partial charge >= 0.3 is 6.03 Å². The molecular weight excluding hydrogens is 528 g/mol. The molecule has 4 aromatic rings. The zero-order chi connectivity index (χ0) is 29.6. The first-order valence-corrected chi connectivity index (χ1v) is 14.6. The quantitative estimate of drug-likeness (QED) is 0.263. The second-order valence-corrected chi connectivity index (χ2v) is 11.1. The molecule has 2 amide bonds. The van der Waals surface area contributed by atoms with E-state index in [4.69, 9.17) is 4.74 Å². The molecule has 3 heterocycles. The van der Waals surface area contributed by atoms with E-state index in [1.165, 1.54) is 5.56 Å². The van der Waals surface area contributed by atoms with Gasteiger partial charge in [-0.05, 0) is 101 Å². The number of carbonyl (C=O) groups is 2. The first-order chi connectivity index (χ1) is 20.3. The number of carbonyl (C=O) groups excluding carboxylic acids is 2. The van der Waals surface area contributed by atoms with Crippen LogP contribution in [-0.2, 0) is 4.74 Å². The summed E-state index contributed by atoms with van der Waals surface area (Å²) in [6.07, 6.45) is 5.86. The van der Waals surface area contributed by atoms with Crippen LogP contribution in [0.15, 0.2) is 73.1 Å². The Kier molecular flexibility index (Phi) is 9.19. The van der Waals surface area contributed by atoms with Gasteiger partial charge in [-0.2, -0.15) is 0 Å². The predicted octanol–water partition coefficient (Wildman–Crippen LogP) is 5.85. The number of fused-ring (bicyclic) bond motifs is 1. The number of pyridine rings is 1. The van der Waals surface area contributed by atoms with Crippen LogP contribution in [0.1, 0.15) is 48.5 Å². The zero-order valence-corrected chi connectivity index (χ0v) is 24.8. The fourth-order valence-corrected chi connectivity index (χ4v) is 5.48. The van der Waals surface area contributed by atoms with Crippen LogP contribution in [0.4, 0.5) is 22.0 Å². The molecule has 0 atom stereocenters. The van der Waals surface area contributed by atoms with Crippen molar-refractivity contribution in [3.63, 3.8) is 0 Å². The van der Waals surface area contributed by atoms with E-state index in [9.17, 15) is 9.59 Å². The number of nitrogens with zero attached hydrogens (tertiary/aromatic N) is 4. The van der Waals surface area contributed by atoms with Gasteiger partial charge in [0.1, 0.15) is 5.82 Å². The molecule has 0 saturated carbocycles. The SMILES string of the molecule is CNC(=O)n1ccc2cc(N(CCOC(C)C)c3ccnc(NC(=O)c4ccc(C5CCN(C)CC5)cc4)c3)ccc21. The van der Waals surface area contributed by atoms with Crippen LogP contribution < -0.4 is 15.5 Å². The second kappa shape index (κ2) is 13.2. The fourth-order valence-electron chi connectivity index (χ4n) is 5.48. The number of likely N-dealkylation sites (tertiary alicyclic amines) is 1. The van der Waals surface area contributed by atoms with Gasteiger partial charge in [0.2, 0.25) is 0 Å². The molecule has 0 aliphatic carbocycles. The Labute approximate surface area is 247 Å². The summed E-state index contributed by atoms with van der Waals surface area (Å²) in [7, 11) is 3.78. The van der Waals surface area contributed by atoms with Crippen LogP contribution in [0.5, 0.6) is 0 Å². The predicted molar refractivity (Wildman–Crippen MR) is 168 cm³/mol. The molecule has 0 spiro atoms. The maximum Gasteiger partial charge on any atom is 0.325 e. The van der Waals surface area contributed by atoms with Crippen molar-refractivity contribution in [3.8, 4) is 0 Å². The summed E-state index contributed by atoms with van der Waals surface area (Å²) >= 11 is 0. The summed E-state index contributed by atoms with van der Waals surface area (Å²) in [5.74, 6) is 0.823. The molecule has 1 fully saturated rings. The van der Waals surface area contributed by atoms with Gasteiger partial charge in [-0.3, -0.25) is 9.36 Å². The van der Waals surface area contributed by atoms with E-state index in [1.807, 2.05) is 56.3 Å². The van der Waals surface area contributed by atoms with Crippen molar-refractivity contribution in [2.75, 3.05) is 50.6 Å². The monoisotopic (exact) mass is 568 g/mol. The van der Waals surface area contributed by atoms with Crippen LogP contribution in [0.2, 0.25) is 0 Å². The minimum atomic E-state index is -0.193. The molecule has 42 heavy (non-hydrogen) atoms. The summed E-state index contributed by atoms with van der Waals surface area (Å²) in [5.41, 5.74) is 4.53. The Balaban J connectivity index is 1.35. The Hall–Kier alpha value is -4.21. The third-order valence-electron chi connectivity index (χ3n) is 7.84. The van der Waals surface area contributed by atoms with Crippen LogP contribution in [-0.4, -0.2) is 72.8 Å². The molecule has 2 aromatic heterocycles. The minimum absolute atomic E-state index is 0.106. The lowest BCUT2D eigenvalue weighted by Gasteiger charge is -2.29. The number of benzene rings is 2. The molecule has 9 nitrogen and oxygen atoms in total. The number of piperidine rings is 1. The molecule has 0 bridgehead atoms. The summed E-state index contributed by atoms with van der Waals surface area (Å²) in [6.45, 7) is 7.34. The minimum Gasteiger partial charge on any atom is -0.377 e. The fraction of sp³-hybridized carbons (Fsp3) is 0.364. The smallest absolute Gasteiger partial charge is 0.325 e. The molecule has 2 aromatic carbocycles. The standard InChI is InChI=1S/C33H40N6O3/c1-23(2)42-20-19-38(28-9-10-30-27(21-28)14-18-39(30)33(41)34-3)29-11-15-35-31(22-29)36-32(40)26-7-5-24(6-8-26)25-12-16-37(4)17-13-25/h5-11,14-15,18,21-23,25H,12-13,16-17,19-20H2,1-4H3,(H,34,41)(H,35,36,40). The normalized spacial score (nSPS) is 14.3. The van der Waals surface area contributed by atoms with E-state index in [-0.39, 0.29) is 18.0 Å². The van der Waals surface area contributed by atoms with E-state index in [0.29, 0.717) is 30.5 Å². The lowest BCUT2D eigenvalue weighted by atomic mass is 9.89. The zero-order valence-electron chi connectivity index (χ0n) is 24.8. The Morgan fingerprint density at radius 1 is 1.02 bits per heavy atom. The second-order valence-electron chi connectivity index (χ2n) is 11.1. The van der Waals surface area contributed by atoms with Crippen LogP contribution >= 0.6 is 0 Å². The number of aromatic nitrogens is 2. The Morgan fingerprint density at radius 2 is 1.76 bits per heavy atom. The molecule has 5 rings (SSSR count). The molecule has 1 aliphatic heterocycles. The molecule has 0 unspecified atom stereocenters. The lowest BCUT2D eigenvalue weighted by Crippen LogP contribution is -2.29. The number of rotatable bonds is 9. The van der Waals surface area contributed by atoms with Gasteiger partial charge in [0.15, 0.2) is 0 Å². The molecule has 0 radical (unpaired) electrons. The van der Waals surface area contributed by atoms with Gasteiger partial charge in [0.05, 0.1) is 18.2 Å². The van der Waals surface area contributed by atoms with Crippen LogP contribution in [0, 0.1) is 0 Å². The molecule has 1 saturated heterocycles. The third kappa shape index (κ3) is 6.80.